The number of aryl methyl sites for hydroxylation is 1. The fraction of sp³-hybridized carbons (Fsp3) is 0.600. The molecule has 20 heavy (non-hydrogen) atoms. The van der Waals surface area contributed by atoms with Crippen LogP contribution in [0, 0.1) is 11.3 Å². The molecule has 0 N–H and O–H groups in total. The summed E-state index contributed by atoms with van der Waals surface area (Å²) in [4.78, 5) is 0. The van der Waals surface area contributed by atoms with E-state index in [-0.39, 0.29) is 0 Å². The van der Waals surface area contributed by atoms with E-state index in [0.29, 0.717) is 5.41 Å². The highest BCUT2D eigenvalue weighted by atomic mass is 14.5. The Kier molecular flexibility index (Phi) is 4.01. The summed E-state index contributed by atoms with van der Waals surface area (Å²) in [5.74, 6) is 0.898. The predicted octanol–water partition coefficient (Wildman–Crippen LogP) is 6.01. The van der Waals surface area contributed by atoms with Crippen molar-refractivity contribution in [2.24, 2.45) is 11.3 Å². The largest absolute Gasteiger partial charge is 0.0692 e. The number of rotatable bonds is 4. The van der Waals surface area contributed by atoms with Crippen LogP contribution in [0.5, 0.6) is 0 Å². The maximum Gasteiger partial charge on any atom is 0.0141 e. The molecule has 2 aliphatic rings. The van der Waals surface area contributed by atoms with Crippen molar-refractivity contribution in [2.75, 3.05) is 0 Å². The van der Waals surface area contributed by atoms with E-state index in [0.717, 1.165) is 5.92 Å². The Morgan fingerprint density at radius 2 is 1.85 bits per heavy atom. The van der Waals surface area contributed by atoms with Gasteiger partial charge in [-0.1, -0.05) is 76.3 Å². The standard InChI is InChI=1S/C20H28/c1-3-9-16-10-8-11-17(14-16)19-15-20(19,2)18-12-6-4-5-7-13-18/h8,10-11,14-15,18H,3-7,9,12-13H2,1-2H3. The van der Waals surface area contributed by atoms with Crippen LogP contribution >= 0.6 is 0 Å². The molecule has 0 nitrogen and oxygen atoms in total. The van der Waals surface area contributed by atoms with Gasteiger partial charge in [0.05, 0.1) is 0 Å². The Morgan fingerprint density at radius 1 is 1.10 bits per heavy atom. The second-order valence-electron chi connectivity index (χ2n) is 6.98. The lowest BCUT2D eigenvalue weighted by Crippen LogP contribution is -2.15. The zero-order valence-electron chi connectivity index (χ0n) is 13.1. The zero-order chi connectivity index (χ0) is 14.0. The third-order valence-electron chi connectivity index (χ3n) is 5.42. The van der Waals surface area contributed by atoms with Crippen LogP contribution < -0.4 is 0 Å². The molecule has 0 heteroatoms. The molecule has 0 spiro atoms. The lowest BCUT2D eigenvalue weighted by molar-refractivity contribution is 0.335. The molecule has 0 aromatic heterocycles. The molecule has 0 aliphatic heterocycles. The molecule has 2 aliphatic carbocycles. The van der Waals surface area contributed by atoms with E-state index >= 15 is 0 Å². The predicted molar refractivity (Wildman–Crippen MR) is 87.7 cm³/mol. The Bertz CT molecular complexity index is 489. The molecule has 0 radical (unpaired) electrons. The summed E-state index contributed by atoms with van der Waals surface area (Å²) in [7, 11) is 0. The molecule has 1 unspecified atom stereocenters. The topological polar surface area (TPSA) is 0 Å². The summed E-state index contributed by atoms with van der Waals surface area (Å²) < 4.78 is 0. The quantitative estimate of drug-likeness (QED) is 0.586. The second-order valence-corrected chi connectivity index (χ2v) is 6.98. The summed E-state index contributed by atoms with van der Waals surface area (Å²) in [5.41, 5.74) is 5.03. The van der Waals surface area contributed by atoms with Crippen LogP contribution in [0.2, 0.25) is 0 Å². The van der Waals surface area contributed by atoms with Gasteiger partial charge < -0.3 is 0 Å². The van der Waals surface area contributed by atoms with Gasteiger partial charge in [0.15, 0.2) is 0 Å². The van der Waals surface area contributed by atoms with Crippen molar-refractivity contribution in [1.82, 2.24) is 0 Å². The van der Waals surface area contributed by atoms with E-state index in [9.17, 15) is 0 Å². The van der Waals surface area contributed by atoms with Crippen LogP contribution in [-0.4, -0.2) is 0 Å². The first-order chi connectivity index (χ1) is 9.74. The fourth-order valence-electron chi connectivity index (χ4n) is 4.06. The molecule has 1 fully saturated rings. The van der Waals surface area contributed by atoms with Gasteiger partial charge in [-0.05, 0) is 41.9 Å². The van der Waals surface area contributed by atoms with Gasteiger partial charge in [-0.2, -0.15) is 0 Å². The van der Waals surface area contributed by atoms with E-state index in [1.807, 2.05) is 0 Å². The molecule has 0 bridgehead atoms. The summed E-state index contributed by atoms with van der Waals surface area (Å²) in [6.07, 6.45) is 13.7. The van der Waals surface area contributed by atoms with Crippen molar-refractivity contribution in [1.29, 1.82) is 0 Å². The van der Waals surface area contributed by atoms with Crippen molar-refractivity contribution in [2.45, 2.75) is 65.2 Å². The van der Waals surface area contributed by atoms with Gasteiger partial charge in [0, 0.05) is 5.41 Å². The Morgan fingerprint density at radius 3 is 2.55 bits per heavy atom. The maximum atomic E-state index is 2.55. The Labute approximate surface area is 124 Å². The minimum Gasteiger partial charge on any atom is -0.0692 e. The van der Waals surface area contributed by atoms with Crippen LogP contribution in [-0.2, 0) is 6.42 Å². The van der Waals surface area contributed by atoms with Gasteiger partial charge in [-0.3, -0.25) is 0 Å². The minimum atomic E-state index is 0.412. The average molecular weight is 268 g/mol. The van der Waals surface area contributed by atoms with Crippen molar-refractivity contribution in [3.8, 4) is 0 Å². The molecular formula is C20H28. The third kappa shape index (κ3) is 2.71. The van der Waals surface area contributed by atoms with Crippen molar-refractivity contribution < 1.29 is 0 Å². The fourth-order valence-corrected chi connectivity index (χ4v) is 4.06. The number of hydrogen-bond acceptors (Lipinski definition) is 0. The lowest BCUT2D eigenvalue weighted by Gasteiger charge is -2.24. The van der Waals surface area contributed by atoms with E-state index in [1.165, 1.54) is 62.5 Å². The SMILES string of the molecule is CCCc1cccc(C2=CC2(C)C2CCCCCC2)c1. The Balaban J connectivity index is 1.73. The molecule has 3 rings (SSSR count). The van der Waals surface area contributed by atoms with Crippen LogP contribution in [0.1, 0.15) is 69.9 Å². The molecule has 1 saturated carbocycles. The van der Waals surface area contributed by atoms with Crippen molar-refractivity contribution >= 4 is 5.57 Å². The zero-order valence-corrected chi connectivity index (χ0v) is 13.1. The van der Waals surface area contributed by atoms with Crippen LogP contribution in [0.3, 0.4) is 0 Å². The highest BCUT2D eigenvalue weighted by Gasteiger charge is 2.45. The normalized spacial score (nSPS) is 27.0. The van der Waals surface area contributed by atoms with Crippen molar-refractivity contribution in [3.63, 3.8) is 0 Å². The highest BCUT2D eigenvalue weighted by molar-refractivity contribution is 5.85. The summed E-state index contributed by atoms with van der Waals surface area (Å²) >= 11 is 0. The van der Waals surface area contributed by atoms with E-state index in [2.05, 4.69) is 44.2 Å². The molecule has 0 saturated heterocycles. The number of hydrogen-bond donors (Lipinski definition) is 0. The first-order valence-corrected chi connectivity index (χ1v) is 8.56. The van der Waals surface area contributed by atoms with Gasteiger partial charge in [0.2, 0.25) is 0 Å². The van der Waals surface area contributed by atoms with Crippen molar-refractivity contribution in [3.05, 3.63) is 41.5 Å². The highest BCUT2D eigenvalue weighted by Crippen LogP contribution is 2.58. The molecule has 108 valence electrons. The molecule has 1 aromatic rings. The molecule has 0 heterocycles. The second kappa shape index (κ2) is 5.76. The smallest absolute Gasteiger partial charge is 0.0141 e. The van der Waals surface area contributed by atoms with E-state index in [1.54, 1.807) is 5.57 Å². The third-order valence-corrected chi connectivity index (χ3v) is 5.42. The van der Waals surface area contributed by atoms with Crippen LogP contribution in [0.25, 0.3) is 5.57 Å². The van der Waals surface area contributed by atoms with Crippen LogP contribution in [0.4, 0.5) is 0 Å². The summed E-state index contributed by atoms with van der Waals surface area (Å²) in [6, 6.07) is 9.26. The maximum absolute atomic E-state index is 2.55. The minimum absolute atomic E-state index is 0.412. The Hall–Kier alpha value is -1.04. The van der Waals surface area contributed by atoms with Gasteiger partial charge in [-0.25, -0.2) is 0 Å². The molecular weight excluding hydrogens is 240 g/mol. The number of allylic oxidation sites excluding steroid dienone is 2. The average Bonchev–Trinajstić information content (AvgIpc) is 3.19. The lowest BCUT2D eigenvalue weighted by atomic mass is 9.79. The van der Waals surface area contributed by atoms with Gasteiger partial charge in [0.1, 0.15) is 0 Å². The van der Waals surface area contributed by atoms with Gasteiger partial charge in [-0.15, -0.1) is 0 Å². The monoisotopic (exact) mass is 268 g/mol. The molecule has 1 aromatic carbocycles. The first-order valence-electron chi connectivity index (χ1n) is 8.56. The van der Waals surface area contributed by atoms with Gasteiger partial charge in [0.25, 0.3) is 0 Å². The summed E-state index contributed by atoms with van der Waals surface area (Å²) in [6.45, 7) is 4.74. The molecule has 1 atom stereocenters. The van der Waals surface area contributed by atoms with E-state index < -0.39 is 0 Å². The first kappa shape index (κ1) is 13.9. The number of benzene rings is 1. The van der Waals surface area contributed by atoms with Crippen LogP contribution in [0.15, 0.2) is 30.3 Å². The molecule has 0 amide bonds. The van der Waals surface area contributed by atoms with E-state index in [4.69, 9.17) is 0 Å². The summed E-state index contributed by atoms with van der Waals surface area (Å²) in [5, 5.41) is 0. The van der Waals surface area contributed by atoms with Gasteiger partial charge >= 0.3 is 0 Å².